The summed E-state index contributed by atoms with van der Waals surface area (Å²) >= 11 is 6.75. The molecule has 0 aromatic heterocycles. The van der Waals surface area contributed by atoms with Crippen LogP contribution in [-0.4, -0.2) is 28.4 Å². The first-order valence-electron chi connectivity index (χ1n) is 11.4. The van der Waals surface area contributed by atoms with Crippen LogP contribution < -0.4 is 0 Å². The zero-order chi connectivity index (χ0) is 23.0. The standard InChI is InChI=1S/C26H36ClNO3/c1-24(2,3)13-9-18-7-8-19(15-20(18)27)26-12-6-11-25(4,5)21(26)17-28(22(29)16-26)14-10-23(30)31/h7-8,15,17H,6,9-14,16H2,1-5H3,(H,30,31). The van der Waals surface area contributed by atoms with E-state index in [1.807, 2.05) is 6.20 Å². The summed E-state index contributed by atoms with van der Waals surface area (Å²) in [5.74, 6) is -0.890. The molecule has 31 heavy (non-hydrogen) atoms. The molecule has 1 atom stereocenters. The van der Waals surface area contributed by atoms with Crippen molar-refractivity contribution in [2.45, 2.75) is 85.0 Å². The van der Waals surface area contributed by atoms with Gasteiger partial charge in [0.15, 0.2) is 0 Å². The smallest absolute Gasteiger partial charge is 0.305 e. The molecule has 0 spiro atoms. The first kappa shape index (κ1) is 23.8. The van der Waals surface area contributed by atoms with Gasteiger partial charge in [0.2, 0.25) is 5.91 Å². The van der Waals surface area contributed by atoms with E-state index in [0.29, 0.717) is 6.42 Å². The molecule has 1 unspecified atom stereocenters. The quantitative estimate of drug-likeness (QED) is 0.554. The molecule has 2 aliphatic rings. The first-order chi connectivity index (χ1) is 14.3. The Morgan fingerprint density at radius 3 is 2.55 bits per heavy atom. The minimum Gasteiger partial charge on any atom is -0.481 e. The van der Waals surface area contributed by atoms with Crippen LogP contribution in [0.5, 0.6) is 0 Å². The third-order valence-electron chi connectivity index (χ3n) is 7.02. The molecule has 1 aromatic rings. The maximum Gasteiger partial charge on any atom is 0.305 e. The van der Waals surface area contributed by atoms with E-state index in [1.165, 1.54) is 5.57 Å². The predicted molar refractivity (Wildman–Crippen MR) is 125 cm³/mol. The molecule has 3 rings (SSSR count). The highest BCUT2D eigenvalue weighted by Gasteiger charge is 2.50. The molecule has 1 heterocycles. The van der Waals surface area contributed by atoms with Crippen molar-refractivity contribution >= 4 is 23.5 Å². The van der Waals surface area contributed by atoms with E-state index in [2.05, 4.69) is 52.8 Å². The summed E-state index contributed by atoms with van der Waals surface area (Å²) in [6.07, 6.45) is 7.30. The molecular weight excluding hydrogens is 410 g/mol. The van der Waals surface area contributed by atoms with Gasteiger partial charge >= 0.3 is 5.97 Å². The lowest BCUT2D eigenvalue weighted by molar-refractivity contribution is -0.138. The van der Waals surface area contributed by atoms with Gasteiger partial charge in [-0.2, -0.15) is 0 Å². The SMILES string of the molecule is CC(C)(C)CCc1ccc(C23CCCC(C)(C)C2=CN(CCC(=O)O)C(=O)C3)cc1Cl. The van der Waals surface area contributed by atoms with Gasteiger partial charge in [0.1, 0.15) is 0 Å². The van der Waals surface area contributed by atoms with Gasteiger partial charge in [0, 0.05) is 29.6 Å². The van der Waals surface area contributed by atoms with Crippen molar-refractivity contribution in [2.75, 3.05) is 6.54 Å². The van der Waals surface area contributed by atoms with Gasteiger partial charge in [-0.25, -0.2) is 0 Å². The fourth-order valence-corrected chi connectivity index (χ4v) is 5.46. The lowest BCUT2D eigenvalue weighted by Crippen LogP contribution is -2.49. The molecule has 1 aromatic carbocycles. The average Bonchev–Trinajstić information content (AvgIpc) is 2.64. The van der Waals surface area contributed by atoms with Crippen LogP contribution in [0.3, 0.4) is 0 Å². The van der Waals surface area contributed by atoms with Crippen LogP contribution in [0.1, 0.15) is 84.3 Å². The number of carbonyl (C=O) groups excluding carboxylic acids is 1. The van der Waals surface area contributed by atoms with Crippen LogP contribution in [0.25, 0.3) is 0 Å². The number of rotatable bonds is 6. The third-order valence-corrected chi connectivity index (χ3v) is 7.38. The predicted octanol–water partition coefficient (Wildman–Crippen LogP) is 6.36. The van der Waals surface area contributed by atoms with E-state index in [1.54, 1.807) is 4.90 Å². The van der Waals surface area contributed by atoms with Gasteiger partial charge < -0.3 is 10.0 Å². The first-order valence-corrected chi connectivity index (χ1v) is 11.7. The van der Waals surface area contributed by atoms with Crippen molar-refractivity contribution in [2.24, 2.45) is 10.8 Å². The number of hydrogen-bond acceptors (Lipinski definition) is 2. The number of allylic oxidation sites excluding steroid dienone is 1. The van der Waals surface area contributed by atoms with Crippen molar-refractivity contribution in [3.05, 3.63) is 46.1 Å². The summed E-state index contributed by atoms with van der Waals surface area (Å²) in [6, 6.07) is 6.38. The summed E-state index contributed by atoms with van der Waals surface area (Å²) in [4.78, 5) is 25.7. The number of aryl methyl sites for hydroxylation is 1. The van der Waals surface area contributed by atoms with Crippen molar-refractivity contribution in [3.8, 4) is 0 Å². The number of carboxylic acids is 1. The van der Waals surface area contributed by atoms with E-state index in [4.69, 9.17) is 16.7 Å². The fraction of sp³-hybridized carbons (Fsp3) is 0.615. The van der Waals surface area contributed by atoms with Gasteiger partial charge in [-0.1, -0.05) is 64.8 Å². The van der Waals surface area contributed by atoms with Gasteiger partial charge in [0.05, 0.1) is 6.42 Å². The molecule has 1 amide bonds. The number of aliphatic carboxylic acids is 1. The second kappa shape index (κ2) is 8.61. The molecule has 0 bridgehead atoms. The number of benzene rings is 1. The Morgan fingerprint density at radius 1 is 1.23 bits per heavy atom. The number of nitrogens with zero attached hydrogens (tertiary/aromatic N) is 1. The van der Waals surface area contributed by atoms with Gasteiger partial charge in [-0.3, -0.25) is 9.59 Å². The maximum atomic E-state index is 13.1. The zero-order valence-electron chi connectivity index (χ0n) is 19.6. The van der Waals surface area contributed by atoms with Crippen molar-refractivity contribution < 1.29 is 14.7 Å². The van der Waals surface area contributed by atoms with E-state index >= 15 is 0 Å². The van der Waals surface area contributed by atoms with Crippen LogP contribution in [0, 0.1) is 10.8 Å². The summed E-state index contributed by atoms with van der Waals surface area (Å²) in [7, 11) is 0. The van der Waals surface area contributed by atoms with Crippen LogP contribution >= 0.6 is 11.6 Å². The number of hydrogen-bond donors (Lipinski definition) is 1. The number of halogens is 1. The minimum atomic E-state index is -0.886. The Balaban J connectivity index is 1.99. The second-order valence-electron chi connectivity index (χ2n) is 11.1. The summed E-state index contributed by atoms with van der Waals surface area (Å²) in [6.45, 7) is 11.4. The number of amides is 1. The van der Waals surface area contributed by atoms with Gasteiger partial charge in [-0.05, 0) is 59.3 Å². The molecule has 1 aliphatic heterocycles. The maximum absolute atomic E-state index is 13.1. The van der Waals surface area contributed by atoms with Crippen LogP contribution in [0.2, 0.25) is 5.02 Å². The molecule has 4 nitrogen and oxygen atoms in total. The highest BCUT2D eigenvalue weighted by Crippen LogP contribution is 2.56. The monoisotopic (exact) mass is 445 g/mol. The van der Waals surface area contributed by atoms with Crippen molar-refractivity contribution in [1.29, 1.82) is 0 Å². The lowest BCUT2D eigenvalue weighted by Gasteiger charge is -2.51. The average molecular weight is 446 g/mol. The van der Waals surface area contributed by atoms with E-state index in [-0.39, 0.29) is 35.1 Å². The molecule has 170 valence electrons. The summed E-state index contributed by atoms with van der Waals surface area (Å²) < 4.78 is 0. The van der Waals surface area contributed by atoms with Gasteiger partial charge in [0.25, 0.3) is 0 Å². The molecule has 0 saturated heterocycles. The highest BCUT2D eigenvalue weighted by molar-refractivity contribution is 6.31. The zero-order valence-corrected chi connectivity index (χ0v) is 20.3. The van der Waals surface area contributed by atoms with Crippen LogP contribution in [0.4, 0.5) is 0 Å². The Morgan fingerprint density at radius 2 is 1.94 bits per heavy atom. The number of carboxylic acid groups (broad SMARTS) is 1. The Hall–Kier alpha value is -1.81. The Labute approximate surface area is 191 Å². The summed E-state index contributed by atoms with van der Waals surface area (Å²) in [5, 5.41) is 9.85. The summed E-state index contributed by atoms with van der Waals surface area (Å²) in [5.41, 5.74) is 3.33. The molecule has 1 N–H and O–H groups in total. The minimum absolute atomic E-state index is 0.00404. The molecule has 0 radical (unpaired) electrons. The molecular formula is C26H36ClNO3. The normalized spacial score (nSPS) is 23.4. The van der Waals surface area contributed by atoms with Crippen LogP contribution in [-0.2, 0) is 21.4 Å². The molecule has 1 saturated carbocycles. The van der Waals surface area contributed by atoms with E-state index in [9.17, 15) is 9.59 Å². The van der Waals surface area contributed by atoms with Crippen LogP contribution in [0.15, 0.2) is 30.0 Å². The lowest BCUT2D eigenvalue weighted by atomic mass is 9.55. The van der Waals surface area contributed by atoms with Crippen molar-refractivity contribution in [1.82, 2.24) is 4.90 Å². The topological polar surface area (TPSA) is 57.6 Å². The number of fused-ring (bicyclic) bond motifs is 1. The van der Waals surface area contributed by atoms with E-state index < -0.39 is 5.97 Å². The third kappa shape index (κ3) is 5.16. The molecule has 5 heteroatoms. The highest BCUT2D eigenvalue weighted by atomic mass is 35.5. The Kier molecular flexibility index (Phi) is 6.63. The number of carbonyl (C=O) groups is 2. The van der Waals surface area contributed by atoms with Gasteiger partial charge in [-0.15, -0.1) is 0 Å². The second-order valence-corrected chi connectivity index (χ2v) is 11.5. The largest absolute Gasteiger partial charge is 0.481 e. The molecule has 1 fully saturated rings. The fourth-order valence-electron chi connectivity index (χ4n) is 5.18. The molecule has 1 aliphatic carbocycles. The van der Waals surface area contributed by atoms with Crippen molar-refractivity contribution in [3.63, 3.8) is 0 Å². The van der Waals surface area contributed by atoms with E-state index in [0.717, 1.165) is 48.3 Å². The Bertz CT molecular complexity index is 896.